The van der Waals surface area contributed by atoms with Gasteiger partial charge in [0, 0.05) is 0 Å². The molecule has 0 aromatic heterocycles. The lowest BCUT2D eigenvalue weighted by Crippen LogP contribution is -2.28. The Labute approximate surface area is 212 Å². The zero-order chi connectivity index (χ0) is 24.3. The Kier molecular flexibility index (Phi) is 10.9. The van der Waals surface area contributed by atoms with E-state index in [2.05, 4.69) is 59.3 Å². The molecule has 1 fully saturated rings. The summed E-state index contributed by atoms with van der Waals surface area (Å²) in [6.45, 7) is 4.93. The first-order valence-corrected chi connectivity index (χ1v) is 13.7. The minimum absolute atomic E-state index is 0.150. The van der Waals surface area contributed by atoms with Crippen LogP contribution in [0.25, 0.3) is 11.1 Å². The molecule has 0 spiro atoms. The molecule has 0 saturated heterocycles. The van der Waals surface area contributed by atoms with Gasteiger partial charge in [-0.3, -0.25) is 0 Å². The monoisotopic (exact) mass is 532 g/mol. The van der Waals surface area contributed by atoms with Gasteiger partial charge in [-0.1, -0.05) is 69.9 Å². The number of rotatable bonds is 12. The lowest BCUT2D eigenvalue weighted by molar-refractivity contribution is -0.157. The van der Waals surface area contributed by atoms with E-state index in [9.17, 15) is 9.18 Å². The van der Waals surface area contributed by atoms with Crippen LogP contribution >= 0.6 is 15.9 Å². The molecule has 2 aromatic rings. The van der Waals surface area contributed by atoms with Gasteiger partial charge in [0.1, 0.15) is 11.9 Å². The summed E-state index contributed by atoms with van der Waals surface area (Å²) in [5.74, 6) is 0.666. The molecule has 0 unspecified atom stereocenters. The summed E-state index contributed by atoms with van der Waals surface area (Å²) < 4.78 is 26.2. The molecule has 0 bridgehead atoms. The van der Waals surface area contributed by atoms with Gasteiger partial charge in [0.05, 0.1) is 11.1 Å². The molecule has 186 valence electrons. The van der Waals surface area contributed by atoms with Crippen molar-refractivity contribution in [1.82, 2.24) is 0 Å². The van der Waals surface area contributed by atoms with Gasteiger partial charge < -0.3 is 9.47 Å². The lowest BCUT2D eigenvalue weighted by Gasteiger charge is -2.29. The number of hydrogen-bond donors (Lipinski definition) is 0. The normalized spacial score (nSPS) is 18.9. The van der Waals surface area contributed by atoms with Gasteiger partial charge in [0.2, 0.25) is 0 Å². The van der Waals surface area contributed by atoms with Crippen LogP contribution in [0, 0.1) is 0 Å². The van der Waals surface area contributed by atoms with Crippen molar-refractivity contribution in [3.63, 3.8) is 0 Å². The fraction of sp³-hybridized carbons (Fsp3) is 0.552. The maximum atomic E-state index is 13.9. The number of hydrogen-bond acceptors (Lipinski definition) is 3. The number of alkyl halides is 1. The fourth-order valence-electron chi connectivity index (χ4n) is 4.53. The van der Waals surface area contributed by atoms with Gasteiger partial charge in [-0.2, -0.15) is 0 Å². The van der Waals surface area contributed by atoms with Crippen LogP contribution in [-0.2, 0) is 9.53 Å². The molecule has 1 aliphatic rings. The van der Waals surface area contributed by atoms with Crippen molar-refractivity contribution in [3.05, 3.63) is 52.5 Å². The van der Waals surface area contributed by atoms with Crippen molar-refractivity contribution in [2.45, 2.75) is 96.2 Å². The zero-order valence-electron chi connectivity index (χ0n) is 20.5. The lowest BCUT2D eigenvalue weighted by atomic mass is 9.82. The Hall–Kier alpha value is -1.88. The average Bonchev–Trinajstić information content (AvgIpc) is 2.86. The van der Waals surface area contributed by atoms with Crippen molar-refractivity contribution in [3.8, 4) is 16.9 Å². The summed E-state index contributed by atoms with van der Waals surface area (Å²) in [5, 5.41) is 0. The molecule has 0 heterocycles. The molecule has 34 heavy (non-hydrogen) atoms. The van der Waals surface area contributed by atoms with Crippen LogP contribution in [0.4, 0.5) is 4.39 Å². The van der Waals surface area contributed by atoms with Gasteiger partial charge in [-0.15, -0.1) is 0 Å². The number of carbonyl (C=O) groups is 1. The molecule has 5 heteroatoms. The number of carbonyl (C=O) groups excluding carboxylic acids is 1. The summed E-state index contributed by atoms with van der Waals surface area (Å²) in [7, 11) is 0. The second kappa shape index (κ2) is 13.9. The maximum Gasteiger partial charge on any atom is 0.340 e. The highest BCUT2D eigenvalue weighted by atomic mass is 79.9. The van der Waals surface area contributed by atoms with Gasteiger partial charge in [-0.05, 0) is 89.2 Å². The minimum atomic E-state index is -1.48. The third kappa shape index (κ3) is 7.83. The molecular formula is C29H38BrFO3. The van der Waals surface area contributed by atoms with E-state index in [1.807, 2.05) is 13.0 Å². The molecule has 0 aliphatic heterocycles. The zero-order valence-corrected chi connectivity index (χ0v) is 22.1. The number of halogens is 2. The van der Waals surface area contributed by atoms with Crippen molar-refractivity contribution in [2.24, 2.45) is 0 Å². The molecule has 0 amide bonds. The second-order valence-corrected chi connectivity index (χ2v) is 10.2. The molecule has 3 nitrogen and oxygen atoms in total. The van der Waals surface area contributed by atoms with Crippen molar-refractivity contribution >= 4 is 21.9 Å². The first kappa shape index (κ1) is 26.7. The molecule has 2 aromatic carbocycles. The molecule has 1 saturated carbocycles. The molecule has 0 N–H and O–H groups in total. The Bertz CT molecular complexity index is 891. The van der Waals surface area contributed by atoms with Gasteiger partial charge >= 0.3 is 5.97 Å². The fourth-order valence-corrected chi connectivity index (χ4v) is 5.03. The maximum absolute atomic E-state index is 13.9. The van der Waals surface area contributed by atoms with Crippen LogP contribution in [0.1, 0.15) is 89.5 Å². The van der Waals surface area contributed by atoms with E-state index in [1.165, 1.54) is 24.0 Å². The molecule has 0 radical (unpaired) electrons. The Morgan fingerprint density at radius 3 is 2.29 bits per heavy atom. The molecular weight excluding hydrogens is 495 g/mol. The topological polar surface area (TPSA) is 35.5 Å². The van der Waals surface area contributed by atoms with E-state index >= 15 is 0 Å². The number of unbranched alkanes of at least 4 members (excludes halogenated alkanes) is 3. The van der Waals surface area contributed by atoms with Crippen LogP contribution in [0.3, 0.4) is 0 Å². The van der Waals surface area contributed by atoms with Crippen LogP contribution in [0.15, 0.2) is 46.9 Å². The van der Waals surface area contributed by atoms with Gasteiger partial charge in [0.15, 0.2) is 6.17 Å². The smallest absolute Gasteiger partial charge is 0.340 e. The summed E-state index contributed by atoms with van der Waals surface area (Å²) >= 11 is 3.65. The standard InChI is InChI=1S/C29H38BrFO3/c1-3-5-7-19-33-28-18-15-24(20-26(28)30)23-11-9-21(10-12-23)22-13-16-25(17-14-22)34-29(32)27(31)8-6-4-2/h9-12,15,18,20,22,25,27H,3-8,13-14,16-17,19H2,1-2H3/t22-,25-,27-/m0/s1. The highest BCUT2D eigenvalue weighted by Gasteiger charge is 2.27. The van der Waals surface area contributed by atoms with Crippen molar-refractivity contribution in [2.75, 3.05) is 6.61 Å². The highest BCUT2D eigenvalue weighted by molar-refractivity contribution is 9.10. The van der Waals surface area contributed by atoms with E-state index in [1.54, 1.807) is 0 Å². The first-order chi connectivity index (χ1) is 16.5. The minimum Gasteiger partial charge on any atom is -0.492 e. The van der Waals surface area contributed by atoms with Crippen LogP contribution in [-0.4, -0.2) is 24.9 Å². The number of ether oxygens (including phenoxy) is 2. The van der Waals surface area contributed by atoms with Gasteiger partial charge in [-0.25, -0.2) is 9.18 Å². The predicted molar refractivity (Wildman–Crippen MR) is 140 cm³/mol. The molecule has 1 aliphatic carbocycles. The summed E-state index contributed by atoms with van der Waals surface area (Å²) in [4.78, 5) is 12.0. The van der Waals surface area contributed by atoms with E-state index < -0.39 is 12.1 Å². The third-order valence-corrected chi connectivity index (χ3v) is 7.30. The van der Waals surface area contributed by atoms with Crippen molar-refractivity contribution < 1.29 is 18.7 Å². The molecule has 1 atom stereocenters. The third-order valence-electron chi connectivity index (χ3n) is 6.68. The summed E-state index contributed by atoms with van der Waals surface area (Å²) in [6, 6.07) is 15.0. The quantitative estimate of drug-likeness (QED) is 0.202. The molecule has 3 rings (SSSR count). The van der Waals surface area contributed by atoms with Crippen LogP contribution < -0.4 is 4.74 Å². The predicted octanol–water partition coefficient (Wildman–Crippen LogP) is 8.78. The summed E-state index contributed by atoms with van der Waals surface area (Å²) in [6.07, 6.45) is 7.19. The Morgan fingerprint density at radius 2 is 1.65 bits per heavy atom. The Morgan fingerprint density at radius 1 is 0.971 bits per heavy atom. The van der Waals surface area contributed by atoms with E-state index in [0.29, 0.717) is 12.3 Å². The van der Waals surface area contributed by atoms with E-state index in [0.717, 1.165) is 60.9 Å². The second-order valence-electron chi connectivity index (χ2n) is 9.34. The largest absolute Gasteiger partial charge is 0.492 e. The van der Waals surface area contributed by atoms with Crippen molar-refractivity contribution in [1.29, 1.82) is 0 Å². The van der Waals surface area contributed by atoms with E-state index in [-0.39, 0.29) is 12.5 Å². The van der Waals surface area contributed by atoms with Crippen LogP contribution in [0.2, 0.25) is 0 Å². The number of benzene rings is 2. The van der Waals surface area contributed by atoms with E-state index in [4.69, 9.17) is 9.47 Å². The van der Waals surface area contributed by atoms with Gasteiger partial charge in [0.25, 0.3) is 0 Å². The average molecular weight is 534 g/mol. The summed E-state index contributed by atoms with van der Waals surface area (Å²) in [5.41, 5.74) is 3.64. The first-order valence-electron chi connectivity index (χ1n) is 12.9. The van der Waals surface area contributed by atoms with Crippen LogP contribution in [0.5, 0.6) is 5.75 Å². The SMILES string of the molecule is CCCCCOc1ccc(-c2ccc([C@H]3CC[C@H](OC(=O)[C@@H](F)CCCC)CC3)cc2)cc1Br. The highest BCUT2D eigenvalue weighted by Crippen LogP contribution is 2.36. The number of esters is 1. The Balaban J connectivity index is 1.50.